The van der Waals surface area contributed by atoms with Crippen molar-refractivity contribution in [2.45, 2.75) is 51.5 Å². The number of carbonyl (C=O) groups is 2. The fourth-order valence-electron chi connectivity index (χ4n) is 2.50. The molecule has 1 aliphatic rings. The van der Waals surface area contributed by atoms with Gasteiger partial charge in [0.1, 0.15) is 5.92 Å². The average molecular weight is 251 g/mol. The lowest BCUT2D eigenvalue weighted by Crippen LogP contribution is -2.46. The summed E-state index contributed by atoms with van der Waals surface area (Å²) < 4.78 is 0. The van der Waals surface area contributed by atoms with Gasteiger partial charge in [-0.2, -0.15) is 5.26 Å². The summed E-state index contributed by atoms with van der Waals surface area (Å²) in [5.74, 6) is -1.39. The van der Waals surface area contributed by atoms with Gasteiger partial charge in [0.05, 0.1) is 12.6 Å². The Bertz CT molecular complexity index is 343. The second kappa shape index (κ2) is 7.00. The summed E-state index contributed by atoms with van der Waals surface area (Å²) in [6.07, 6.45) is 5.26. The van der Waals surface area contributed by atoms with Crippen molar-refractivity contribution in [3.8, 4) is 6.07 Å². The van der Waals surface area contributed by atoms with Gasteiger partial charge in [0.25, 0.3) is 0 Å². The Kier molecular flexibility index (Phi) is 5.63. The molecule has 5 heteroatoms. The predicted molar refractivity (Wildman–Crippen MR) is 67.2 cm³/mol. The maximum absolute atomic E-state index is 12.3. The Balaban J connectivity index is 2.77. The van der Waals surface area contributed by atoms with Gasteiger partial charge in [-0.25, -0.2) is 0 Å². The Hall–Kier alpha value is -1.57. The first-order valence-electron chi connectivity index (χ1n) is 6.58. The minimum Gasteiger partial charge on any atom is -0.368 e. The van der Waals surface area contributed by atoms with Gasteiger partial charge in [-0.05, 0) is 19.3 Å². The zero-order chi connectivity index (χ0) is 13.5. The first-order valence-corrected chi connectivity index (χ1v) is 6.58. The average Bonchev–Trinajstić information content (AvgIpc) is 2.85. The van der Waals surface area contributed by atoms with Crippen LogP contribution in [0.25, 0.3) is 0 Å². The van der Waals surface area contributed by atoms with Crippen LogP contribution in [0.2, 0.25) is 0 Å². The van der Waals surface area contributed by atoms with E-state index in [1.54, 1.807) is 0 Å². The summed E-state index contributed by atoms with van der Waals surface area (Å²) in [5, 5.41) is 9.04. The molecule has 2 N–H and O–H groups in total. The Morgan fingerprint density at radius 1 is 1.44 bits per heavy atom. The number of hydrogen-bond acceptors (Lipinski definition) is 3. The van der Waals surface area contributed by atoms with Gasteiger partial charge >= 0.3 is 0 Å². The molecule has 5 nitrogen and oxygen atoms in total. The van der Waals surface area contributed by atoms with Gasteiger partial charge in [0, 0.05) is 6.04 Å². The second-order valence-electron chi connectivity index (χ2n) is 4.84. The van der Waals surface area contributed by atoms with Crippen LogP contribution < -0.4 is 5.73 Å². The topological polar surface area (TPSA) is 87.2 Å². The van der Waals surface area contributed by atoms with E-state index in [4.69, 9.17) is 11.0 Å². The summed E-state index contributed by atoms with van der Waals surface area (Å²) in [5.41, 5.74) is 5.20. The SMILES string of the molecule is CCCC(C#N)C(=O)N(CC(N)=O)C1CCCC1. The molecular weight excluding hydrogens is 230 g/mol. The maximum atomic E-state index is 12.3. The lowest BCUT2D eigenvalue weighted by atomic mass is 10.0. The number of carbonyl (C=O) groups excluding carboxylic acids is 2. The van der Waals surface area contributed by atoms with E-state index in [-0.39, 0.29) is 18.5 Å². The normalized spacial score (nSPS) is 17.1. The fourth-order valence-corrected chi connectivity index (χ4v) is 2.50. The van der Waals surface area contributed by atoms with Gasteiger partial charge in [-0.1, -0.05) is 26.2 Å². The van der Waals surface area contributed by atoms with Gasteiger partial charge in [-0.15, -0.1) is 0 Å². The molecular formula is C13H21N3O2. The molecule has 1 unspecified atom stereocenters. The molecule has 0 aromatic heterocycles. The van der Waals surface area contributed by atoms with Gasteiger partial charge < -0.3 is 10.6 Å². The molecule has 0 aromatic carbocycles. The molecule has 0 radical (unpaired) electrons. The summed E-state index contributed by atoms with van der Waals surface area (Å²) in [4.78, 5) is 24.9. The number of hydrogen-bond donors (Lipinski definition) is 1. The Morgan fingerprint density at radius 3 is 2.50 bits per heavy atom. The van der Waals surface area contributed by atoms with Crippen molar-refractivity contribution in [1.82, 2.24) is 4.90 Å². The number of primary amides is 1. The second-order valence-corrected chi connectivity index (χ2v) is 4.84. The molecule has 0 heterocycles. The fraction of sp³-hybridized carbons (Fsp3) is 0.769. The minimum absolute atomic E-state index is 0.0641. The number of rotatable bonds is 6. The van der Waals surface area contributed by atoms with E-state index in [0.29, 0.717) is 6.42 Å². The van der Waals surface area contributed by atoms with Crippen LogP contribution in [0.5, 0.6) is 0 Å². The third-order valence-electron chi connectivity index (χ3n) is 3.41. The van der Waals surface area contributed by atoms with E-state index in [9.17, 15) is 9.59 Å². The molecule has 1 atom stereocenters. The molecule has 0 aromatic rings. The van der Waals surface area contributed by atoms with E-state index >= 15 is 0 Å². The highest BCUT2D eigenvalue weighted by Gasteiger charge is 2.31. The van der Waals surface area contributed by atoms with E-state index in [2.05, 4.69) is 0 Å². The zero-order valence-electron chi connectivity index (χ0n) is 10.9. The van der Waals surface area contributed by atoms with Crippen LogP contribution in [0.4, 0.5) is 0 Å². The van der Waals surface area contributed by atoms with Crippen molar-refractivity contribution >= 4 is 11.8 Å². The quantitative estimate of drug-likeness (QED) is 0.769. The molecule has 1 fully saturated rings. The van der Waals surface area contributed by atoms with Gasteiger partial charge in [0.2, 0.25) is 11.8 Å². The molecule has 0 aliphatic heterocycles. The number of nitrogens with two attached hydrogens (primary N) is 1. The van der Waals surface area contributed by atoms with E-state index in [1.807, 2.05) is 13.0 Å². The van der Waals surface area contributed by atoms with Crippen LogP contribution in [-0.2, 0) is 9.59 Å². The molecule has 1 saturated carbocycles. The van der Waals surface area contributed by atoms with E-state index < -0.39 is 11.8 Å². The number of nitriles is 1. The predicted octanol–water partition coefficient (Wildman–Crippen LogP) is 1.18. The van der Waals surface area contributed by atoms with Gasteiger partial charge in [-0.3, -0.25) is 9.59 Å². The summed E-state index contributed by atoms with van der Waals surface area (Å²) in [7, 11) is 0. The monoisotopic (exact) mass is 251 g/mol. The van der Waals surface area contributed by atoms with Crippen molar-refractivity contribution in [2.75, 3.05) is 6.54 Å². The van der Waals surface area contributed by atoms with Crippen molar-refractivity contribution in [1.29, 1.82) is 5.26 Å². The lowest BCUT2D eigenvalue weighted by molar-refractivity contribution is -0.139. The van der Waals surface area contributed by atoms with Gasteiger partial charge in [0.15, 0.2) is 0 Å². The van der Waals surface area contributed by atoms with Crippen LogP contribution >= 0.6 is 0 Å². The highest BCUT2D eigenvalue weighted by molar-refractivity contribution is 5.86. The van der Waals surface area contributed by atoms with E-state index in [0.717, 1.165) is 32.1 Å². The molecule has 18 heavy (non-hydrogen) atoms. The van der Waals surface area contributed by atoms with Crippen molar-refractivity contribution in [3.63, 3.8) is 0 Å². The van der Waals surface area contributed by atoms with Crippen LogP contribution in [0.1, 0.15) is 45.4 Å². The molecule has 0 bridgehead atoms. The Morgan fingerprint density at radius 2 is 2.06 bits per heavy atom. The largest absolute Gasteiger partial charge is 0.368 e. The Labute approximate surface area is 108 Å². The van der Waals surface area contributed by atoms with E-state index in [1.165, 1.54) is 4.90 Å². The molecule has 0 spiro atoms. The van der Waals surface area contributed by atoms with Crippen LogP contribution in [0.15, 0.2) is 0 Å². The molecule has 100 valence electrons. The molecule has 1 rings (SSSR count). The highest BCUT2D eigenvalue weighted by Crippen LogP contribution is 2.25. The molecule has 1 aliphatic carbocycles. The first kappa shape index (κ1) is 14.5. The molecule has 2 amide bonds. The van der Waals surface area contributed by atoms with Crippen molar-refractivity contribution in [3.05, 3.63) is 0 Å². The molecule has 0 saturated heterocycles. The maximum Gasteiger partial charge on any atom is 0.240 e. The zero-order valence-corrected chi connectivity index (χ0v) is 10.9. The summed E-state index contributed by atoms with van der Waals surface area (Å²) in [6, 6.07) is 2.12. The first-order chi connectivity index (χ1) is 8.60. The third-order valence-corrected chi connectivity index (χ3v) is 3.41. The number of amides is 2. The third kappa shape index (κ3) is 3.73. The lowest BCUT2D eigenvalue weighted by Gasteiger charge is -2.29. The number of nitrogens with zero attached hydrogens (tertiary/aromatic N) is 2. The van der Waals surface area contributed by atoms with Crippen molar-refractivity contribution < 1.29 is 9.59 Å². The van der Waals surface area contributed by atoms with Crippen LogP contribution in [0.3, 0.4) is 0 Å². The smallest absolute Gasteiger partial charge is 0.240 e. The summed E-state index contributed by atoms with van der Waals surface area (Å²) >= 11 is 0. The van der Waals surface area contributed by atoms with Crippen LogP contribution in [0, 0.1) is 17.2 Å². The summed E-state index contributed by atoms with van der Waals surface area (Å²) in [6.45, 7) is 1.87. The highest BCUT2D eigenvalue weighted by atomic mass is 16.2. The minimum atomic E-state index is -0.644. The van der Waals surface area contributed by atoms with Crippen LogP contribution in [-0.4, -0.2) is 29.3 Å². The van der Waals surface area contributed by atoms with Crippen molar-refractivity contribution in [2.24, 2.45) is 11.7 Å². The standard InChI is InChI=1S/C13H21N3O2/c1-2-5-10(8-14)13(18)16(9-12(15)17)11-6-3-4-7-11/h10-11H,2-7,9H2,1H3,(H2,15,17).